The molecule has 286 valence electrons. The van der Waals surface area contributed by atoms with Crippen LogP contribution in [0.4, 0.5) is 0 Å². The summed E-state index contributed by atoms with van der Waals surface area (Å²) in [6.45, 7) is 4.11. The molecule has 0 fully saturated rings. The molecule has 0 aromatic heterocycles. The third kappa shape index (κ3) is 37.9. The second-order valence-corrected chi connectivity index (χ2v) is 13.0. The molecule has 0 aromatic rings. The van der Waals surface area contributed by atoms with Crippen LogP contribution in [0.15, 0.2) is 122 Å². The van der Waals surface area contributed by atoms with Crippen LogP contribution in [-0.4, -0.2) is 34.9 Å². The lowest BCUT2D eigenvalue weighted by molar-refractivity contribution is -0.123. The average molecular weight is 702 g/mol. The fourth-order valence-corrected chi connectivity index (χ4v) is 5.11. The monoisotopic (exact) mass is 702 g/mol. The van der Waals surface area contributed by atoms with Crippen molar-refractivity contribution in [1.29, 1.82) is 0 Å². The van der Waals surface area contributed by atoms with E-state index < -0.39 is 12.1 Å². The Labute approximate surface area is 314 Å². The fourth-order valence-electron chi connectivity index (χ4n) is 5.11. The van der Waals surface area contributed by atoms with Crippen LogP contribution in [0.2, 0.25) is 0 Å². The summed E-state index contributed by atoms with van der Waals surface area (Å²) in [7, 11) is 0. The van der Waals surface area contributed by atoms with Crippen LogP contribution in [0.5, 0.6) is 0 Å². The minimum Gasteiger partial charge on any atom is -0.394 e. The minimum absolute atomic E-state index is 0.107. The number of carbonyl (C=O) groups excluding carboxylic acids is 1. The van der Waals surface area contributed by atoms with E-state index in [-0.39, 0.29) is 12.5 Å². The summed E-state index contributed by atoms with van der Waals surface area (Å²) in [4.78, 5) is 12.3. The van der Waals surface area contributed by atoms with Gasteiger partial charge in [-0.05, 0) is 89.9 Å². The summed E-state index contributed by atoms with van der Waals surface area (Å²) in [5.41, 5.74) is 0. The molecular weight excluding hydrogens is 627 g/mol. The Kier molecular flexibility index (Phi) is 38.6. The van der Waals surface area contributed by atoms with Crippen LogP contribution >= 0.6 is 0 Å². The summed E-state index contributed by atoms with van der Waals surface area (Å²) in [5, 5.41) is 22.7. The molecule has 51 heavy (non-hydrogen) atoms. The van der Waals surface area contributed by atoms with E-state index in [2.05, 4.69) is 129 Å². The minimum atomic E-state index is -0.859. The van der Waals surface area contributed by atoms with Crippen LogP contribution in [0.1, 0.15) is 149 Å². The first-order valence-electron chi connectivity index (χ1n) is 20.2. The molecule has 0 rings (SSSR count). The zero-order chi connectivity index (χ0) is 37.1. The van der Waals surface area contributed by atoms with Crippen molar-refractivity contribution in [3.8, 4) is 0 Å². The van der Waals surface area contributed by atoms with E-state index in [9.17, 15) is 15.0 Å². The molecule has 4 nitrogen and oxygen atoms in total. The van der Waals surface area contributed by atoms with Crippen LogP contribution in [0.25, 0.3) is 0 Å². The Balaban J connectivity index is 3.75. The zero-order valence-electron chi connectivity index (χ0n) is 32.6. The van der Waals surface area contributed by atoms with E-state index in [0.717, 1.165) is 96.3 Å². The lowest BCUT2D eigenvalue weighted by Gasteiger charge is -2.19. The highest BCUT2D eigenvalue weighted by atomic mass is 16.3. The van der Waals surface area contributed by atoms with Crippen LogP contribution < -0.4 is 5.32 Å². The van der Waals surface area contributed by atoms with Gasteiger partial charge in [0.1, 0.15) is 0 Å². The molecule has 0 aliphatic heterocycles. The van der Waals surface area contributed by atoms with Crippen molar-refractivity contribution in [2.75, 3.05) is 6.61 Å². The number of amides is 1. The van der Waals surface area contributed by atoms with Gasteiger partial charge >= 0.3 is 0 Å². The van der Waals surface area contributed by atoms with Crippen molar-refractivity contribution >= 4 is 5.91 Å². The van der Waals surface area contributed by atoms with E-state index in [1.165, 1.54) is 32.1 Å². The second-order valence-electron chi connectivity index (χ2n) is 13.0. The molecule has 2 atom stereocenters. The quantitative estimate of drug-likeness (QED) is 0.0462. The van der Waals surface area contributed by atoms with Gasteiger partial charge in [0.05, 0.1) is 18.8 Å². The number of aliphatic hydroxyl groups excluding tert-OH is 2. The summed E-state index contributed by atoms with van der Waals surface area (Å²) < 4.78 is 0. The maximum atomic E-state index is 12.3. The summed E-state index contributed by atoms with van der Waals surface area (Å²) in [5.74, 6) is -0.107. The number of unbranched alkanes of at least 4 members (excludes halogenated alkanes) is 9. The topological polar surface area (TPSA) is 69.6 Å². The van der Waals surface area contributed by atoms with Gasteiger partial charge in [-0.25, -0.2) is 0 Å². The zero-order valence-corrected chi connectivity index (χ0v) is 32.6. The summed E-state index contributed by atoms with van der Waals surface area (Å²) >= 11 is 0. The molecule has 1 amide bonds. The van der Waals surface area contributed by atoms with Gasteiger partial charge in [0.2, 0.25) is 5.91 Å². The molecule has 0 heterocycles. The number of allylic oxidation sites excluding steroid dienone is 19. The Hall–Kier alpha value is -3.21. The predicted molar refractivity (Wildman–Crippen MR) is 225 cm³/mol. The van der Waals surface area contributed by atoms with Crippen molar-refractivity contribution in [3.05, 3.63) is 122 Å². The summed E-state index contributed by atoms with van der Waals surface area (Å²) in [6, 6.07) is -0.646. The number of hydrogen-bond acceptors (Lipinski definition) is 3. The smallest absolute Gasteiger partial charge is 0.220 e. The number of nitrogens with one attached hydrogen (secondary N) is 1. The van der Waals surface area contributed by atoms with Gasteiger partial charge in [-0.2, -0.15) is 0 Å². The lowest BCUT2D eigenvalue weighted by Crippen LogP contribution is -2.45. The van der Waals surface area contributed by atoms with Crippen molar-refractivity contribution in [2.24, 2.45) is 0 Å². The summed E-state index contributed by atoms with van der Waals surface area (Å²) in [6.07, 6.45) is 64.4. The highest BCUT2D eigenvalue weighted by molar-refractivity contribution is 5.76. The van der Waals surface area contributed by atoms with Crippen molar-refractivity contribution in [1.82, 2.24) is 5.32 Å². The van der Waals surface area contributed by atoms with Gasteiger partial charge in [0.25, 0.3) is 0 Å². The molecular formula is C47H75NO3. The fraction of sp³-hybridized carbons (Fsp3) is 0.553. The van der Waals surface area contributed by atoms with Gasteiger partial charge < -0.3 is 15.5 Å². The standard InChI is InChI=1S/C47H75NO3/c1-3-5-7-9-11-13-14-15-16-17-18-19-20-21-22-23-24-25-26-27-28-29-30-31-32-33-34-35-37-39-41-43-47(51)48-45(44-49)46(50)42-40-38-36-12-10-8-6-4-2/h5,7,11,13,15-16,18-19,21-22,24-25,27-28,30-31,33-34,40,42,45-46,49-50H,3-4,6,8-10,12,14,17,20,23,26,29,32,35-39,41,43-44H2,1-2H3,(H,48,51)/b7-5-,13-11-,16-15-,19-18-,22-21-,25-24-,28-27-,31-30-,34-33-,42-40+. The van der Waals surface area contributed by atoms with Crippen molar-refractivity contribution in [3.63, 3.8) is 0 Å². The Bertz CT molecular complexity index is 1070. The van der Waals surface area contributed by atoms with E-state index >= 15 is 0 Å². The SMILES string of the molecule is CC/C=C\C/C=C\C/C=C\C/C=C\C/C=C\C/C=C\C/C=C\C/C=C\C/C=C\CCCCCC(=O)NC(CO)C(O)/C=C/CCCCCCCC. The van der Waals surface area contributed by atoms with E-state index in [0.29, 0.717) is 6.42 Å². The molecule has 0 aliphatic rings. The first-order chi connectivity index (χ1) is 25.2. The Morgan fingerprint density at radius 1 is 0.490 bits per heavy atom. The Morgan fingerprint density at radius 2 is 0.863 bits per heavy atom. The largest absolute Gasteiger partial charge is 0.394 e. The molecule has 0 saturated carbocycles. The molecule has 3 N–H and O–H groups in total. The normalized spacial score (nSPS) is 14.4. The van der Waals surface area contributed by atoms with Crippen LogP contribution in [0.3, 0.4) is 0 Å². The molecule has 0 bridgehead atoms. The number of aliphatic hydroxyl groups is 2. The van der Waals surface area contributed by atoms with Gasteiger partial charge in [-0.15, -0.1) is 0 Å². The van der Waals surface area contributed by atoms with Crippen molar-refractivity contribution < 1.29 is 15.0 Å². The van der Waals surface area contributed by atoms with E-state index in [4.69, 9.17) is 0 Å². The number of hydrogen-bond donors (Lipinski definition) is 3. The van der Waals surface area contributed by atoms with Crippen LogP contribution in [-0.2, 0) is 4.79 Å². The maximum absolute atomic E-state index is 12.3. The van der Waals surface area contributed by atoms with E-state index in [1.54, 1.807) is 6.08 Å². The van der Waals surface area contributed by atoms with Crippen molar-refractivity contribution in [2.45, 2.75) is 161 Å². The van der Waals surface area contributed by atoms with Crippen LogP contribution in [0, 0.1) is 0 Å². The first-order valence-corrected chi connectivity index (χ1v) is 20.2. The molecule has 0 saturated heterocycles. The molecule has 0 spiro atoms. The number of rotatable bonds is 34. The lowest BCUT2D eigenvalue weighted by atomic mass is 10.1. The van der Waals surface area contributed by atoms with Gasteiger partial charge in [-0.3, -0.25) is 4.79 Å². The maximum Gasteiger partial charge on any atom is 0.220 e. The second kappa shape index (κ2) is 41.2. The van der Waals surface area contributed by atoms with Gasteiger partial charge in [0.15, 0.2) is 0 Å². The highest BCUT2D eigenvalue weighted by Crippen LogP contribution is 2.09. The molecule has 0 aromatic carbocycles. The predicted octanol–water partition coefficient (Wildman–Crippen LogP) is 12.6. The molecule has 4 heteroatoms. The first kappa shape index (κ1) is 47.8. The average Bonchev–Trinajstić information content (AvgIpc) is 3.13. The van der Waals surface area contributed by atoms with Gasteiger partial charge in [-0.1, -0.05) is 174 Å². The third-order valence-corrected chi connectivity index (χ3v) is 8.20. The molecule has 0 radical (unpaired) electrons. The van der Waals surface area contributed by atoms with E-state index in [1.807, 2.05) is 6.08 Å². The number of carbonyl (C=O) groups is 1. The highest BCUT2D eigenvalue weighted by Gasteiger charge is 2.17. The Morgan fingerprint density at radius 3 is 1.29 bits per heavy atom. The third-order valence-electron chi connectivity index (χ3n) is 8.20. The van der Waals surface area contributed by atoms with Gasteiger partial charge in [0, 0.05) is 6.42 Å². The molecule has 0 aliphatic carbocycles. The molecule has 2 unspecified atom stereocenters.